The zero-order valence-corrected chi connectivity index (χ0v) is 17.0. The van der Waals surface area contributed by atoms with Gasteiger partial charge in [-0.2, -0.15) is 34.0 Å². The summed E-state index contributed by atoms with van der Waals surface area (Å²) in [6.07, 6.45) is 5.69. The van der Waals surface area contributed by atoms with Crippen molar-refractivity contribution in [2.45, 2.75) is 11.5 Å². The number of nitriles is 2. The first kappa shape index (κ1) is 22.5. The van der Waals surface area contributed by atoms with Gasteiger partial charge in [0.15, 0.2) is 12.4 Å². The second-order valence-electron chi connectivity index (χ2n) is 4.99. The van der Waals surface area contributed by atoms with Crippen LogP contribution < -0.4 is 11.5 Å². The fourth-order valence-corrected chi connectivity index (χ4v) is 3.35. The number of hydrogen-bond donors (Lipinski definition) is 2. The van der Waals surface area contributed by atoms with Crippen LogP contribution in [0.25, 0.3) is 0 Å². The fourth-order valence-electron chi connectivity index (χ4n) is 1.80. The summed E-state index contributed by atoms with van der Waals surface area (Å²) in [6.45, 7) is 0.966. The van der Waals surface area contributed by atoms with Gasteiger partial charge in [-0.1, -0.05) is 0 Å². The second-order valence-corrected chi connectivity index (χ2v) is 7.20. The molecule has 0 aliphatic rings. The Kier molecular flexibility index (Phi) is 10.6. The molecule has 12 heteroatoms. The Balaban J connectivity index is 2.28. The highest BCUT2D eigenvalue weighted by atomic mass is 32.2. The maximum absolute atomic E-state index is 8.99. The van der Waals surface area contributed by atoms with Crippen molar-refractivity contribution in [3.05, 3.63) is 17.8 Å². The Morgan fingerprint density at radius 2 is 1.59 bits per heavy atom. The first-order valence-corrected chi connectivity index (χ1v) is 10.2. The van der Waals surface area contributed by atoms with Crippen molar-refractivity contribution >= 4 is 35.4 Å². The normalized spacial score (nSPS) is 11.7. The predicted octanol–water partition coefficient (Wildman–Crippen LogP) is 0.596. The molecule has 10 nitrogen and oxygen atoms in total. The summed E-state index contributed by atoms with van der Waals surface area (Å²) in [5.41, 5.74) is 11.2. The first-order valence-electron chi connectivity index (χ1n) is 7.93. The van der Waals surface area contributed by atoms with E-state index in [1.165, 1.54) is 9.80 Å². The van der Waals surface area contributed by atoms with Crippen LogP contribution in [0.15, 0.2) is 20.6 Å². The lowest BCUT2D eigenvalue weighted by Gasteiger charge is -2.13. The van der Waals surface area contributed by atoms with Crippen LogP contribution in [-0.2, 0) is 11.5 Å². The average molecular weight is 410 g/mol. The van der Waals surface area contributed by atoms with E-state index in [1.807, 2.05) is 12.4 Å². The topological polar surface area (TPSA) is 157 Å². The quantitative estimate of drug-likeness (QED) is 0.184. The number of aliphatic imine (C=N–C) groups is 2. The number of guanidine groups is 2. The van der Waals surface area contributed by atoms with Crippen LogP contribution in [0.4, 0.5) is 0 Å². The van der Waals surface area contributed by atoms with Crippen molar-refractivity contribution in [1.82, 2.24) is 14.8 Å². The summed E-state index contributed by atoms with van der Waals surface area (Å²) in [4.78, 5) is 14.5. The predicted molar refractivity (Wildman–Crippen MR) is 109 cm³/mol. The molecule has 1 aromatic rings. The molecule has 0 unspecified atom stereocenters. The van der Waals surface area contributed by atoms with Crippen molar-refractivity contribution in [3.63, 3.8) is 0 Å². The van der Waals surface area contributed by atoms with Gasteiger partial charge in [-0.05, 0) is 0 Å². The molecule has 0 fully saturated rings. The SMILES string of the molecule is CN=C(N)N(C#N)CCSCc1cnc(CSCCN(C#N)C(N)=NC)o1. The molecule has 1 heterocycles. The summed E-state index contributed by atoms with van der Waals surface area (Å²) >= 11 is 3.21. The molecule has 0 aliphatic heterocycles. The smallest absolute Gasteiger partial charge is 0.204 e. The molecule has 1 aromatic heterocycles. The van der Waals surface area contributed by atoms with Gasteiger partial charge in [0.05, 0.1) is 17.7 Å². The van der Waals surface area contributed by atoms with Gasteiger partial charge in [0.2, 0.25) is 17.8 Å². The van der Waals surface area contributed by atoms with Gasteiger partial charge in [0, 0.05) is 38.7 Å². The van der Waals surface area contributed by atoms with Gasteiger partial charge < -0.3 is 15.9 Å². The number of thioether (sulfide) groups is 2. The van der Waals surface area contributed by atoms with Crippen LogP contribution in [0.3, 0.4) is 0 Å². The number of nitrogens with two attached hydrogens (primary N) is 2. The second kappa shape index (κ2) is 12.7. The lowest BCUT2D eigenvalue weighted by molar-refractivity contribution is 0.487. The third-order valence-corrected chi connectivity index (χ3v) is 5.12. The molecule has 0 bridgehead atoms. The van der Waals surface area contributed by atoms with Crippen LogP contribution in [-0.4, -0.2) is 65.4 Å². The van der Waals surface area contributed by atoms with Gasteiger partial charge in [0.25, 0.3) is 0 Å². The maximum atomic E-state index is 8.99. The zero-order valence-electron chi connectivity index (χ0n) is 15.3. The third-order valence-electron chi connectivity index (χ3n) is 3.24. The Bertz CT molecular complexity index is 661. The van der Waals surface area contributed by atoms with Gasteiger partial charge in [-0.15, -0.1) is 0 Å². The molecule has 0 spiro atoms. The van der Waals surface area contributed by atoms with Crippen molar-refractivity contribution in [3.8, 4) is 12.4 Å². The van der Waals surface area contributed by atoms with E-state index in [-0.39, 0.29) is 11.9 Å². The number of oxazole rings is 1. The molecule has 0 saturated heterocycles. The Labute approximate surface area is 167 Å². The average Bonchev–Trinajstić information content (AvgIpc) is 3.14. The molecule has 27 heavy (non-hydrogen) atoms. The van der Waals surface area contributed by atoms with E-state index in [2.05, 4.69) is 15.0 Å². The molecule has 0 aliphatic carbocycles. The minimum Gasteiger partial charge on any atom is -0.444 e. The van der Waals surface area contributed by atoms with Crippen LogP contribution in [0.1, 0.15) is 11.7 Å². The number of rotatable bonds is 10. The van der Waals surface area contributed by atoms with Gasteiger partial charge in [-0.25, -0.2) is 14.8 Å². The highest BCUT2D eigenvalue weighted by molar-refractivity contribution is 7.98. The van der Waals surface area contributed by atoms with E-state index in [4.69, 9.17) is 26.4 Å². The van der Waals surface area contributed by atoms with Crippen LogP contribution in [0.2, 0.25) is 0 Å². The van der Waals surface area contributed by atoms with E-state index in [0.29, 0.717) is 42.0 Å². The summed E-state index contributed by atoms with van der Waals surface area (Å²) in [6, 6.07) is 0. The molecule has 4 N–H and O–H groups in total. The van der Waals surface area contributed by atoms with Crippen molar-refractivity contribution in [2.24, 2.45) is 21.5 Å². The Hall–Kier alpha value is -2.57. The summed E-state index contributed by atoms with van der Waals surface area (Å²) in [5.74, 6) is 4.49. The molecular formula is C15H23N9OS2. The van der Waals surface area contributed by atoms with Crippen LogP contribution in [0.5, 0.6) is 0 Å². The van der Waals surface area contributed by atoms with Crippen LogP contribution in [0, 0.1) is 22.9 Å². The number of nitrogens with zero attached hydrogens (tertiary/aromatic N) is 7. The van der Waals surface area contributed by atoms with E-state index >= 15 is 0 Å². The van der Waals surface area contributed by atoms with Crippen molar-refractivity contribution < 1.29 is 4.42 Å². The molecule has 0 atom stereocenters. The maximum Gasteiger partial charge on any atom is 0.204 e. The minimum absolute atomic E-state index is 0.204. The Morgan fingerprint density at radius 3 is 2.07 bits per heavy atom. The zero-order chi connectivity index (χ0) is 20.1. The molecule has 1 rings (SSSR count). The van der Waals surface area contributed by atoms with E-state index in [1.54, 1.807) is 43.8 Å². The van der Waals surface area contributed by atoms with Gasteiger partial charge >= 0.3 is 0 Å². The highest BCUT2D eigenvalue weighted by Gasteiger charge is 2.09. The Morgan fingerprint density at radius 1 is 1.07 bits per heavy atom. The summed E-state index contributed by atoms with van der Waals surface area (Å²) in [7, 11) is 3.09. The molecule has 0 saturated carbocycles. The molecule has 0 amide bonds. The van der Waals surface area contributed by atoms with E-state index in [9.17, 15) is 0 Å². The molecule has 0 radical (unpaired) electrons. The number of aromatic nitrogens is 1. The van der Waals surface area contributed by atoms with Gasteiger partial charge in [-0.3, -0.25) is 9.98 Å². The van der Waals surface area contributed by atoms with E-state index in [0.717, 1.165) is 5.76 Å². The van der Waals surface area contributed by atoms with E-state index < -0.39 is 0 Å². The molecule has 0 aromatic carbocycles. The molecular weight excluding hydrogens is 386 g/mol. The standard InChI is InChI=1S/C15H23N9OS2/c1-20-14(18)23(10-16)3-5-26-8-12-7-22-13(25-12)9-27-6-4-24(11-17)15(19)21-2/h7H,3-6,8-9H2,1-2H3,(H2,18,20)(H2,19,21). The summed E-state index contributed by atoms with van der Waals surface area (Å²) < 4.78 is 5.68. The highest BCUT2D eigenvalue weighted by Crippen LogP contribution is 2.17. The fraction of sp³-hybridized carbons (Fsp3) is 0.533. The summed E-state index contributed by atoms with van der Waals surface area (Å²) in [5, 5.41) is 18.0. The lowest BCUT2D eigenvalue weighted by Crippen LogP contribution is -2.34. The van der Waals surface area contributed by atoms with Crippen molar-refractivity contribution in [1.29, 1.82) is 10.5 Å². The minimum atomic E-state index is 0.204. The monoisotopic (exact) mass is 409 g/mol. The largest absolute Gasteiger partial charge is 0.444 e. The lowest BCUT2D eigenvalue weighted by atomic mass is 10.6. The molecule has 146 valence electrons. The van der Waals surface area contributed by atoms with Crippen LogP contribution >= 0.6 is 23.5 Å². The first-order chi connectivity index (χ1) is 13.0. The number of hydrogen-bond acceptors (Lipinski definition) is 8. The van der Waals surface area contributed by atoms with Crippen molar-refractivity contribution in [2.75, 3.05) is 38.7 Å². The third kappa shape index (κ3) is 8.11. The van der Waals surface area contributed by atoms with Gasteiger partial charge in [0.1, 0.15) is 5.76 Å².